The summed E-state index contributed by atoms with van der Waals surface area (Å²) in [5, 5.41) is 3.66. The topological polar surface area (TPSA) is 15.3 Å². The van der Waals surface area contributed by atoms with E-state index in [0.717, 1.165) is 18.0 Å². The highest BCUT2D eigenvalue weighted by molar-refractivity contribution is 4.90. The molecule has 2 aliphatic heterocycles. The summed E-state index contributed by atoms with van der Waals surface area (Å²) in [4.78, 5) is 2.83. The van der Waals surface area contributed by atoms with Crippen molar-refractivity contribution >= 4 is 0 Å². The lowest BCUT2D eigenvalue weighted by Gasteiger charge is -2.45. The smallest absolute Gasteiger partial charge is 0.0195 e. The molecular weight excluding hydrogens is 196 g/mol. The zero-order valence-electron chi connectivity index (χ0n) is 10.5. The van der Waals surface area contributed by atoms with Gasteiger partial charge in [-0.1, -0.05) is 12.8 Å². The summed E-state index contributed by atoms with van der Waals surface area (Å²) in [6, 6.07) is 1.76. The molecule has 2 saturated heterocycles. The predicted molar refractivity (Wildman–Crippen MR) is 67.6 cm³/mol. The number of hydrogen-bond donors (Lipinski definition) is 1. The molecule has 3 atom stereocenters. The Morgan fingerprint density at radius 1 is 0.938 bits per heavy atom. The summed E-state index contributed by atoms with van der Waals surface area (Å²) in [6.07, 6.45) is 11.7. The minimum absolute atomic E-state index is 0.806. The van der Waals surface area contributed by atoms with E-state index in [1.165, 1.54) is 71.0 Å². The third-order valence-corrected chi connectivity index (χ3v) is 4.98. The lowest BCUT2D eigenvalue weighted by molar-refractivity contribution is 0.0546. The van der Waals surface area contributed by atoms with Gasteiger partial charge >= 0.3 is 0 Å². The Morgan fingerprint density at radius 2 is 1.81 bits per heavy atom. The van der Waals surface area contributed by atoms with Crippen molar-refractivity contribution in [2.75, 3.05) is 19.6 Å². The second-order valence-electron chi connectivity index (χ2n) is 6.04. The van der Waals surface area contributed by atoms with Gasteiger partial charge in [0.05, 0.1) is 0 Å². The highest BCUT2D eigenvalue weighted by atomic mass is 15.2. The minimum atomic E-state index is 0.806. The van der Waals surface area contributed by atoms with E-state index >= 15 is 0 Å². The van der Waals surface area contributed by atoms with Crippen molar-refractivity contribution < 1.29 is 0 Å². The molecule has 1 aliphatic carbocycles. The molecule has 1 unspecified atom stereocenters. The van der Waals surface area contributed by atoms with Gasteiger partial charge in [-0.3, -0.25) is 4.90 Å². The number of rotatable bonds is 2. The van der Waals surface area contributed by atoms with E-state index in [1.807, 2.05) is 0 Å². The molecule has 16 heavy (non-hydrogen) atoms. The SMILES string of the molecule is C1CNC(CN2CCC[C@H]3CCCC[C@H]32)C1. The maximum atomic E-state index is 3.66. The molecule has 0 radical (unpaired) electrons. The number of hydrogen-bond acceptors (Lipinski definition) is 2. The third-order valence-electron chi connectivity index (χ3n) is 4.98. The standard InChI is InChI=1S/C14H26N2/c1-2-8-14-12(5-1)6-4-10-16(14)11-13-7-3-9-15-13/h12-15H,1-11H2/t12-,13?,14-/m1/s1. The normalized spacial score (nSPS) is 40.9. The largest absolute Gasteiger partial charge is 0.313 e. The number of piperidine rings is 1. The molecule has 3 aliphatic rings. The van der Waals surface area contributed by atoms with Crippen LogP contribution in [0.5, 0.6) is 0 Å². The zero-order valence-corrected chi connectivity index (χ0v) is 10.5. The van der Waals surface area contributed by atoms with E-state index in [0.29, 0.717) is 0 Å². The molecule has 0 aromatic carbocycles. The van der Waals surface area contributed by atoms with Crippen molar-refractivity contribution in [3.63, 3.8) is 0 Å². The molecule has 0 aromatic heterocycles. The highest BCUT2D eigenvalue weighted by Gasteiger charge is 2.34. The van der Waals surface area contributed by atoms with Crippen LogP contribution in [0.1, 0.15) is 51.4 Å². The first-order chi connectivity index (χ1) is 7.93. The summed E-state index contributed by atoms with van der Waals surface area (Å²) in [5.74, 6) is 1.05. The van der Waals surface area contributed by atoms with Crippen LogP contribution in [0, 0.1) is 5.92 Å². The molecule has 3 rings (SSSR count). The maximum Gasteiger partial charge on any atom is 0.0195 e. The molecule has 1 saturated carbocycles. The second kappa shape index (κ2) is 5.05. The van der Waals surface area contributed by atoms with Crippen LogP contribution in [0.15, 0.2) is 0 Å². The molecule has 3 fully saturated rings. The quantitative estimate of drug-likeness (QED) is 0.772. The Labute approximate surface area is 99.8 Å². The van der Waals surface area contributed by atoms with E-state index < -0.39 is 0 Å². The van der Waals surface area contributed by atoms with E-state index in [1.54, 1.807) is 0 Å². The van der Waals surface area contributed by atoms with E-state index in [2.05, 4.69) is 10.2 Å². The van der Waals surface area contributed by atoms with Crippen LogP contribution in [-0.2, 0) is 0 Å². The number of likely N-dealkylation sites (tertiary alicyclic amines) is 1. The van der Waals surface area contributed by atoms with Gasteiger partial charge < -0.3 is 5.32 Å². The van der Waals surface area contributed by atoms with Gasteiger partial charge in [0.15, 0.2) is 0 Å². The molecule has 0 aromatic rings. The Balaban J connectivity index is 1.59. The Bertz CT molecular complexity index is 221. The molecule has 0 spiro atoms. The fourth-order valence-corrected chi connectivity index (χ4v) is 4.15. The summed E-state index contributed by atoms with van der Waals surface area (Å²) in [7, 11) is 0. The molecule has 1 N–H and O–H groups in total. The van der Waals surface area contributed by atoms with E-state index in [4.69, 9.17) is 0 Å². The first kappa shape index (κ1) is 11.0. The fourth-order valence-electron chi connectivity index (χ4n) is 4.15. The summed E-state index contributed by atoms with van der Waals surface area (Å²) < 4.78 is 0. The monoisotopic (exact) mass is 222 g/mol. The van der Waals surface area contributed by atoms with Crippen LogP contribution < -0.4 is 5.32 Å². The van der Waals surface area contributed by atoms with Crippen molar-refractivity contribution in [1.82, 2.24) is 10.2 Å². The number of nitrogens with one attached hydrogen (secondary N) is 1. The average molecular weight is 222 g/mol. The predicted octanol–water partition coefficient (Wildman–Crippen LogP) is 2.39. The van der Waals surface area contributed by atoms with E-state index in [-0.39, 0.29) is 0 Å². The van der Waals surface area contributed by atoms with Gasteiger partial charge in [0.25, 0.3) is 0 Å². The summed E-state index contributed by atoms with van der Waals surface area (Å²) in [6.45, 7) is 3.97. The van der Waals surface area contributed by atoms with Gasteiger partial charge in [-0.25, -0.2) is 0 Å². The van der Waals surface area contributed by atoms with Gasteiger partial charge in [-0.2, -0.15) is 0 Å². The summed E-state index contributed by atoms with van der Waals surface area (Å²) in [5.41, 5.74) is 0. The minimum Gasteiger partial charge on any atom is -0.313 e. The molecule has 2 heteroatoms. The van der Waals surface area contributed by atoms with Crippen LogP contribution in [-0.4, -0.2) is 36.6 Å². The first-order valence-electron chi connectivity index (χ1n) is 7.41. The average Bonchev–Trinajstić information content (AvgIpc) is 2.82. The van der Waals surface area contributed by atoms with E-state index in [9.17, 15) is 0 Å². The highest BCUT2D eigenvalue weighted by Crippen LogP contribution is 2.35. The van der Waals surface area contributed by atoms with Crippen LogP contribution in [0.2, 0.25) is 0 Å². The molecule has 92 valence electrons. The lowest BCUT2D eigenvalue weighted by Crippen LogP contribution is -2.50. The van der Waals surface area contributed by atoms with Crippen LogP contribution in [0.3, 0.4) is 0 Å². The fraction of sp³-hybridized carbons (Fsp3) is 1.00. The second-order valence-corrected chi connectivity index (χ2v) is 6.04. The molecule has 2 heterocycles. The third kappa shape index (κ3) is 2.28. The van der Waals surface area contributed by atoms with Crippen molar-refractivity contribution in [3.05, 3.63) is 0 Å². The zero-order chi connectivity index (χ0) is 10.8. The van der Waals surface area contributed by atoms with Crippen molar-refractivity contribution in [3.8, 4) is 0 Å². The van der Waals surface area contributed by atoms with Crippen molar-refractivity contribution in [2.24, 2.45) is 5.92 Å². The van der Waals surface area contributed by atoms with Gasteiger partial charge in [-0.05, 0) is 57.5 Å². The molecule has 0 amide bonds. The van der Waals surface area contributed by atoms with Crippen LogP contribution in [0.25, 0.3) is 0 Å². The first-order valence-corrected chi connectivity index (χ1v) is 7.41. The lowest BCUT2D eigenvalue weighted by atomic mass is 9.78. The van der Waals surface area contributed by atoms with Crippen molar-refractivity contribution in [1.29, 1.82) is 0 Å². The van der Waals surface area contributed by atoms with Gasteiger partial charge in [0.1, 0.15) is 0 Å². The molecule has 2 nitrogen and oxygen atoms in total. The number of nitrogens with zero attached hydrogens (tertiary/aromatic N) is 1. The van der Waals surface area contributed by atoms with Crippen LogP contribution in [0.4, 0.5) is 0 Å². The Kier molecular flexibility index (Phi) is 3.49. The Morgan fingerprint density at radius 3 is 2.69 bits per heavy atom. The molecular formula is C14H26N2. The van der Waals surface area contributed by atoms with Gasteiger partial charge in [0, 0.05) is 18.6 Å². The van der Waals surface area contributed by atoms with Crippen LogP contribution >= 0.6 is 0 Å². The van der Waals surface area contributed by atoms with Gasteiger partial charge in [-0.15, -0.1) is 0 Å². The summed E-state index contributed by atoms with van der Waals surface area (Å²) >= 11 is 0. The number of fused-ring (bicyclic) bond motifs is 1. The Hall–Kier alpha value is -0.0800. The maximum absolute atomic E-state index is 3.66. The van der Waals surface area contributed by atoms with Gasteiger partial charge in [0.2, 0.25) is 0 Å². The molecule has 0 bridgehead atoms. The van der Waals surface area contributed by atoms with Crippen molar-refractivity contribution in [2.45, 2.75) is 63.5 Å².